The largest absolute Gasteiger partial charge is 0.438 e. The molecule has 0 fully saturated rings. The molecule has 0 saturated heterocycles. The van der Waals surface area contributed by atoms with Gasteiger partial charge in [0.15, 0.2) is 0 Å². The third-order valence-electron chi connectivity index (χ3n) is 2.49. The molecule has 14 heavy (non-hydrogen) atoms. The van der Waals surface area contributed by atoms with Crippen molar-refractivity contribution >= 4 is 35.4 Å². The van der Waals surface area contributed by atoms with E-state index in [1.54, 1.807) is 6.20 Å². The summed E-state index contributed by atoms with van der Waals surface area (Å²) in [4.78, 5) is 4.21. The number of para-hydroxylation sites is 1. The number of rotatable bonds is 0. The van der Waals surface area contributed by atoms with Crippen LogP contribution in [0, 0.1) is 0 Å². The van der Waals surface area contributed by atoms with Crippen LogP contribution in [0.4, 0.5) is 0 Å². The van der Waals surface area contributed by atoms with E-state index in [1.807, 2.05) is 24.3 Å². The van der Waals surface area contributed by atoms with E-state index in [0.717, 1.165) is 22.1 Å². The zero-order valence-electron chi connectivity index (χ0n) is 7.82. The van der Waals surface area contributed by atoms with Crippen molar-refractivity contribution < 1.29 is 4.42 Å². The van der Waals surface area contributed by atoms with Crippen molar-refractivity contribution in [2.24, 2.45) is 0 Å². The Hall–Kier alpha value is -1.77. The van der Waals surface area contributed by atoms with Crippen molar-refractivity contribution in [3.63, 3.8) is 0 Å². The van der Waals surface area contributed by atoms with Gasteiger partial charge in [0, 0.05) is 17.0 Å². The van der Waals surface area contributed by atoms with E-state index in [4.69, 9.17) is 4.42 Å². The maximum atomic E-state index is 5.62. The van der Waals surface area contributed by atoms with E-state index >= 15 is 0 Å². The van der Waals surface area contributed by atoms with Crippen LogP contribution in [-0.4, -0.2) is 12.8 Å². The molecule has 0 saturated carbocycles. The van der Waals surface area contributed by atoms with Crippen LogP contribution in [0.15, 0.2) is 40.9 Å². The fourth-order valence-corrected chi connectivity index (χ4v) is 1.80. The van der Waals surface area contributed by atoms with Crippen molar-refractivity contribution in [1.29, 1.82) is 0 Å². The smallest absolute Gasteiger partial charge is 0.226 e. The van der Waals surface area contributed by atoms with Gasteiger partial charge >= 0.3 is 0 Å². The number of fused-ring (bicyclic) bond motifs is 3. The molecule has 1 aromatic carbocycles. The highest BCUT2D eigenvalue weighted by molar-refractivity contribution is 6.40. The predicted molar refractivity (Wildman–Crippen MR) is 59.7 cm³/mol. The van der Waals surface area contributed by atoms with E-state index in [2.05, 4.69) is 18.9 Å². The lowest BCUT2D eigenvalue weighted by Gasteiger charge is -1.92. The summed E-state index contributed by atoms with van der Waals surface area (Å²) in [6, 6.07) is 10.0. The lowest BCUT2D eigenvalue weighted by Crippen LogP contribution is -2.02. The fourth-order valence-electron chi connectivity index (χ4n) is 1.80. The maximum absolute atomic E-state index is 5.62. The Morgan fingerprint density at radius 3 is 2.93 bits per heavy atom. The highest BCUT2D eigenvalue weighted by Crippen LogP contribution is 2.24. The lowest BCUT2D eigenvalue weighted by molar-refractivity contribution is 0.654. The van der Waals surface area contributed by atoms with E-state index in [0.29, 0.717) is 0 Å². The molecule has 2 heterocycles. The van der Waals surface area contributed by atoms with Crippen molar-refractivity contribution in [3.05, 3.63) is 36.5 Å². The van der Waals surface area contributed by atoms with Crippen molar-refractivity contribution in [1.82, 2.24) is 4.98 Å². The van der Waals surface area contributed by atoms with Crippen LogP contribution in [0.5, 0.6) is 0 Å². The van der Waals surface area contributed by atoms with Crippen LogP contribution in [0.1, 0.15) is 0 Å². The quantitative estimate of drug-likeness (QED) is 0.487. The molecule has 0 bridgehead atoms. The Kier molecular flexibility index (Phi) is 1.42. The van der Waals surface area contributed by atoms with E-state index in [-0.39, 0.29) is 0 Å². The van der Waals surface area contributed by atoms with Gasteiger partial charge in [-0.2, -0.15) is 0 Å². The van der Waals surface area contributed by atoms with Gasteiger partial charge in [-0.25, -0.2) is 4.98 Å². The number of hydrogen-bond donors (Lipinski definition) is 0. The van der Waals surface area contributed by atoms with E-state index < -0.39 is 0 Å². The van der Waals surface area contributed by atoms with Gasteiger partial charge in [0.2, 0.25) is 5.71 Å². The van der Waals surface area contributed by atoms with E-state index in [1.165, 1.54) is 5.46 Å². The Labute approximate surface area is 82.0 Å². The molecule has 0 radical (unpaired) electrons. The van der Waals surface area contributed by atoms with Crippen LogP contribution in [-0.2, 0) is 0 Å². The van der Waals surface area contributed by atoms with Gasteiger partial charge in [-0.05, 0) is 12.1 Å². The molecular formula is C11H8BNO. The third kappa shape index (κ3) is 0.895. The van der Waals surface area contributed by atoms with Gasteiger partial charge in [0.1, 0.15) is 13.4 Å². The second-order valence-corrected chi connectivity index (χ2v) is 3.41. The molecule has 0 N–H and O–H groups in total. The number of hydrogen-bond acceptors (Lipinski definition) is 2. The molecular weight excluding hydrogens is 173 g/mol. The summed E-state index contributed by atoms with van der Waals surface area (Å²) in [6.07, 6.45) is 1.78. The zero-order valence-corrected chi connectivity index (χ0v) is 7.82. The number of furan rings is 1. The monoisotopic (exact) mass is 181 g/mol. The Balaban J connectivity index is 2.65. The first-order chi connectivity index (χ1) is 6.86. The predicted octanol–water partition coefficient (Wildman–Crippen LogP) is 1.24. The highest BCUT2D eigenvalue weighted by atomic mass is 16.3. The SMILES string of the molecule is Bc1ccnc2oc3ccccc3c12. The van der Waals surface area contributed by atoms with Crippen LogP contribution in [0.25, 0.3) is 22.1 Å². The third-order valence-corrected chi connectivity index (χ3v) is 2.49. The van der Waals surface area contributed by atoms with Gasteiger partial charge in [-0.3, -0.25) is 0 Å². The molecule has 0 amide bonds. The Morgan fingerprint density at radius 1 is 1.14 bits per heavy atom. The summed E-state index contributed by atoms with van der Waals surface area (Å²) < 4.78 is 5.62. The molecule has 0 aliphatic carbocycles. The summed E-state index contributed by atoms with van der Waals surface area (Å²) in [6.45, 7) is 0. The Bertz CT molecular complexity index is 615. The van der Waals surface area contributed by atoms with Gasteiger partial charge in [-0.1, -0.05) is 23.7 Å². The first-order valence-corrected chi connectivity index (χ1v) is 4.59. The molecule has 0 spiro atoms. The Morgan fingerprint density at radius 2 is 2.00 bits per heavy atom. The first-order valence-electron chi connectivity index (χ1n) is 4.59. The number of benzene rings is 1. The molecule has 0 aliphatic heterocycles. The van der Waals surface area contributed by atoms with Crippen molar-refractivity contribution in [2.45, 2.75) is 0 Å². The van der Waals surface area contributed by atoms with Gasteiger partial charge in [0.05, 0.1) is 0 Å². The van der Waals surface area contributed by atoms with Crippen LogP contribution in [0.3, 0.4) is 0 Å². The normalized spacial score (nSPS) is 11.1. The minimum Gasteiger partial charge on any atom is -0.438 e. The first kappa shape index (κ1) is 7.62. The highest BCUT2D eigenvalue weighted by Gasteiger charge is 2.07. The van der Waals surface area contributed by atoms with E-state index in [9.17, 15) is 0 Å². The second kappa shape index (κ2) is 2.61. The van der Waals surface area contributed by atoms with Crippen LogP contribution >= 0.6 is 0 Å². The molecule has 3 heteroatoms. The minimum atomic E-state index is 0.728. The maximum Gasteiger partial charge on any atom is 0.226 e. The molecule has 3 rings (SSSR count). The van der Waals surface area contributed by atoms with Crippen molar-refractivity contribution in [2.75, 3.05) is 0 Å². The fraction of sp³-hybridized carbons (Fsp3) is 0. The second-order valence-electron chi connectivity index (χ2n) is 3.41. The minimum absolute atomic E-state index is 0.728. The average Bonchev–Trinajstić information content (AvgIpc) is 2.57. The average molecular weight is 181 g/mol. The summed E-state index contributed by atoms with van der Waals surface area (Å²) in [5, 5.41) is 2.27. The standard InChI is InChI=1S/C11H8BNO/c12-8-5-6-13-11-10(8)7-3-1-2-4-9(7)14-11/h1-6H,12H2. The lowest BCUT2D eigenvalue weighted by atomic mass is 9.93. The summed E-state index contributed by atoms with van der Waals surface area (Å²) in [5.41, 5.74) is 2.84. The topological polar surface area (TPSA) is 26.0 Å². The van der Waals surface area contributed by atoms with Crippen molar-refractivity contribution in [3.8, 4) is 0 Å². The van der Waals surface area contributed by atoms with Gasteiger partial charge in [0.25, 0.3) is 0 Å². The molecule has 0 aliphatic rings. The molecule has 2 nitrogen and oxygen atoms in total. The molecule has 3 aromatic rings. The molecule has 2 aromatic heterocycles. The number of nitrogens with zero attached hydrogens (tertiary/aromatic N) is 1. The molecule has 0 unspecified atom stereocenters. The molecule has 66 valence electrons. The van der Waals surface area contributed by atoms with Crippen LogP contribution in [0.2, 0.25) is 0 Å². The summed E-state index contributed by atoms with van der Waals surface area (Å²) in [5.74, 6) is 0. The number of pyridine rings is 1. The molecule has 0 atom stereocenters. The summed E-state index contributed by atoms with van der Waals surface area (Å²) >= 11 is 0. The summed E-state index contributed by atoms with van der Waals surface area (Å²) in [7, 11) is 2.08. The number of aromatic nitrogens is 1. The van der Waals surface area contributed by atoms with Gasteiger partial charge in [-0.15, -0.1) is 0 Å². The zero-order chi connectivity index (χ0) is 9.54. The van der Waals surface area contributed by atoms with Crippen LogP contribution < -0.4 is 5.46 Å². The van der Waals surface area contributed by atoms with Gasteiger partial charge < -0.3 is 4.42 Å².